The Balaban J connectivity index is 0.00000240. The van der Waals surface area contributed by atoms with E-state index in [0.29, 0.717) is 30.4 Å². The molecule has 2 aliphatic rings. The van der Waals surface area contributed by atoms with Crippen molar-refractivity contribution in [3.8, 4) is 0 Å². The third-order valence-corrected chi connectivity index (χ3v) is 7.22. The highest BCUT2D eigenvalue weighted by molar-refractivity contribution is 8.27. The first-order valence-electron chi connectivity index (χ1n) is 9.63. The van der Waals surface area contributed by atoms with Crippen LogP contribution < -0.4 is 13.9 Å². The Morgan fingerprint density at radius 1 is 0.966 bits per heavy atom. The normalized spacial score (nSPS) is 19.2. The van der Waals surface area contributed by atoms with Crippen molar-refractivity contribution in [2.75, 3.05) is 21.7 Å². The van der Waals surface area contributed by atoms with Crippen molar-refractivity contribution in [2.45, 2.75) is 38.1 Å². The Hall–Kier alpha value is -1.58. The molecule has 0 radical (unpaired) electrons. The first-order chi connectivity index (χ1) is 13.5. The van der Waals surface area contributed by atoms with Crippen LogP contribution in [0.25, 0.3) is 0 Å². The number of hydrogen-bond donors (Lipinski definition) is 3. The fraction of sp³-hybridized carbons (Fsp3) is 0.400. The molecule has 0 saturated heterocycles. The Kier molecular flexibility index (Phi) is 6.90. The second-order valence-corrected chi connectivity index (χ2v) is 9.02. The van der Waals surface area contributed by atoms with E-state index in [-0.39, 0.29) is 12.4 Å². The Bertz CT molecular complexity index is 832. The summed E-state index contributed by atoms with van der Waals surface area (Å²) in [5.74, 6) is -1.67. The van der Waals surface area contributed by atoms with Crippen LogP contribution in [-0.2, 0) is 0 Å². The molecule has 2 aromatic carbocycles. The molecule has 9 heteroatoms. The van der Waals surface area contributed by atoms with Crippen LogP contribution in [0.2, 0.25) is 0 Å². The van der Waals surface area contributed by atoms with Crippen molar-refractivity contribution in [1.82, 2.24) is 5.32 Å². The molecule has 0 spiro atoms. The van der Waals surface area contributed by atoms with E-state index in [1.54, 1.807) is 24.3 Å². The minimum Gasteiger partial charge on any atom is -0.314 e. The van der Waals surface area contributed by atoms with Gasteiger partial charge in [0, 0.05) is 12.6 Å². The van der Waals surface area contributed by atoms with Gasteiger partial charge >= 0.3 is 0 Å². The lowest BCUT2D eigenvalue weighted by Crippen LogP contribution is -2.34. The van der Waals surface area contributed by atoms with E-state index in [4.69, 9.17) is 0 Å². The molecule has 0 unspecified atom stereocenters. The molecule has 0 bridgehead atoms. The summed E-state index contributed by atoms with van der Waals surface area (Å²) < 4.78 is 53.3. The molecular formula is C20H26ClF2N3O2S. The lowest BCUT2D eigenvalue weighted by molar-refractivity contribution is 0.477. The molecule has 2 aromatic rings. The number of hydrogen-bond acceptors (Lipinski definition) is 5. The standard InChI is InChI=1S/C20H25F2N3O2S.ClH/c21-16-9-5-10-17(22)20(16)25-19-12-4-3-11-18(19)24(28(25,26)27)14-6-13-23-15-7-1-2-8-15;/h3-5,9-12,15,23,26-27H,1-2,6-8,13-14H2;1H. The predicted octanol–water partition coefficient (Wildman–Crippen LogP) is 5.85. The smallest absolute Gasteiger partial charge is 0.151 e. The maximum atomic E-state index is 14.4. The maximum Gasteiger partial charge on any atom is 0.151 e. The van der Waals surface area contributed by atoms with Crippen LogP contribution in [0.3, 0.4) is 0 Å². The Morgan fingerprint density at radius 3 is 2.24 bits per heavy atom. The second kappa shape index (κ2) is 9.06. The zero-order chi connectivity index (χ0) is 19.7. The topological polar surface area (TPSA) is 59.0 Å². The predicted molar refractivity (Wildman–Crippen MR) is 117 cm³/mol. The quantitative estimate of drug-likeness (QED) is 0.487. The van der Waals surface area contributed by atoms with Gasteiger partial charge in [-0.05, 0) is 61.0 Å². The van der Waals surface area contributed by atoms with Crippen LogP contribution in [0.15, 0.2) is 42.5 Å². The van der Waals surface area contributed by atoms with Crippen molar-refractivity contribution in [3.63, 3.8) is 0 Å². The summed E-state index contributed by atoms with van der Waals surface area (Å²) in [7, 11) is -3.63. The van der Waals surface area contributed by atoms with E-state index >= 15 is 0 Å². The summed E-state index contributed by atoms with van der Waals surface area (Å²) >= 11 is 0. The number of halogens is 3. The second-order valence-electron chi connectivity index (χ2n) is 7.23. The largest absolute Gasteiger partial charge is 0.314 e. The fourth-order valence-corrected chi connectivity index (χ4v) is 5.86. The van der Waals surface area contributed by atoms with Crippen LogP contribution in [0.1, 0.15) is 32.1 Å². The number of anilines is 3. The lowest BCUT2D eigenvalue weighted by Gasteiger charge is -2.43. The molecule has 160 valence electrons. The zero-order valence-corrected chi connectivity index (χ0v) is 17.6. The number of nitrogens with one attached hydrogen (secondary N) is 1. The van der Waals surface area contributed by atoms with Crippen LogP contribution in [0.4, 0.5) is 25.8 Å². The highest BCUT2D eigenvalue weighted by Crippen LogP contribution is 2.64. The monoisotopic (exact) mass is 445 g/mol. The fourth-order valence-electron chi connectivity index (χ4n) is 4.04. The third-order valence-electron chi connectivity index (χ3n) is 5.38. The summed E-state index contributed by atoms with van der Waals surface area (Å²) in [5.41, 5.74) is 0.503. The van der Waals surface area contributed by atoms with Gasteiger partial charge in [-0.1, -0.05) is 31.0 Å². The molecule has 1 fully saturated rings. The molecule has 0 aromatic heterocycles. The van der Waals surface area contributed by atoms with Crippen molar-refractivity contribution < 1.29 is 17.9 Å². The van der Waals surface area contributed by atoms with Crippen molar-refractivity contribution in [3.05, 3.63) is 54.1 Å². The summed E-state index contributed by atoms with van der Waals surface area (Å²) in [6, 6.07) is 10.9. The Labute approximate surface area is 177 Å². The lowest BCUT2D eigenvalue weighted by atomic mass is 10.2. The van der Waals surface area contributed by atoms with E-state index in [1.165, 1.54) is 36.1 Å². The number of fused-ring (bicyclic) bond motifs is 1. The Morgan fingerprint density at radius 2 is 1.59 bits per heavy atom. The van der Waals surface area contributed by atoms with Gasteiger partial charge in [0.05, 0.1) is 11.4 Å². The van der Waals surface area contributed by atoms with Crippen LogP contribution in [0.5, 0.6) is 0 Å². The van der Waals surface area contributed by atoms with Gasteiger partial charge < -0.3 is 5.32 Å². The van der Waals surface area contributed by atoms with Gasteiger partial charge in [0.25, 0.3) is 0 Å². The van der Waals surface area contributed by atoms with Gasteiger partial charge in [0.1, 0.15) is 5.69 Å². The van der Waals surface area contributed by atoms with E-state index in [2.05, 4.69) is 5.32 Å². The molecule has 1 aliphatic heterocycles. The van der Waals surface area contributed by atoms with E-state index in [1.807, 2.05) is 0 Å². The first kappa shape index (κ1) is 22.1. The molecule has 29 heavy (non-hydrogen) atoms. The molecule has 1 heterocycles. The van der Waals surface area contributed by atoms with Gasteiger partial charge in [-0.15, -0.1) is 12.4 Å². The van der Waals surface area contributed by atoms with Gasteiger partial charge in [-0.3, -0.25) is 13.4 Å². The molecular weight excluding hydrogens is 420 g/mol. The van der Waals surface area contributed by atoms with E-state index in [9.17, 15) is 17.9 Å². The summed E-state index contributed by atoms with van der Waals surface area (Å²) in [4.78, 5) is 0. The maximum absolute atomic E-state index is 14.4. The summed E-state index contributed by atoms with van der Waals surface area (Å²) in [6.45, 7) is 1.12. The molecule has 5 nitrogen and oxygen atoms in total. The molecule has 0 atom stereocenters. The van der Waals surface area contributed by atoms with Gasteiger partial charge in [-0.2, -0.15) is 0 Å². The van der Waals surface area contributed by atoms with Crippen molar-refractivity contribution >= 4 is 40.4 Å². The number of benzene rings is 2. The van der Waals surface area contributed by atoms with E-state index < -0.39 is 28.3 Å². The van der Waals surface area contributed by atoms with Gasteiger partial charge in [0.15, 0.2) is 11.6 Å². The molecule has 1 aliphatic carbocycles. The van der Waals surface area contributed by atoms with Crippen LogP contribution in [0, 0.1) is 11.6 Å². The van der Waals surface area contributed by atoms with Crippen LogP contribution in [-0.4, -0.2) is 28.2 Å². The SMILES string of the molecule is Cl.OS1(O)N(CCCNC2CCCC2)c2ccccc2N1c1c(F)cccc1F. The zero-order valence-electron chi connectivity index (χ0n) is 15.9. The van der Waals surface area contributed by atoms with Crippen LogP contribution >= 0.6 is 23.4 Å². The minimum absolute atomic E-state index is 0. The molecule has 1 saturated carbocycles. The summed E-state index contributed by atoms with van der Waals surface area (Å²) in [5, 5.41) is 3.50. The van der Waals surface area contributed by atoms with Gasteiger partial charge in [0.2, 0.25) is 0 Å². The van der Waals surface area contributed by atoms with E-state index in [0.717, 1.165) is 23.0 Å². The minimum atomic E-state index is -3.63. The van der Waals surface area contributed by atoms with Crippen molar-refractivity contribution in [2.24, 2.45) is 0 Å². The van der Waals surface area contributed by atoms with Crippen molar-refractivity contribution in [1.29, 1.82) is 0 Å². The van der Waals surface area contributed by atoms with Gasteiger partial charge in [-0.25, -0.2) is 13.1 Å². The molecule has 4 rings (SSSR count). The average Bonchev–Trinajstić information content (AvgIpc) is 3.25. The number of para-hydroxylation sites is 3. The number of nitrogens with zero attached hydrogens (tertiary/aromatic N) is 2. The highest BCUT2D eigenvalue weighted by Gasteiger charge is 2.43. The number of rotatable bonds is 6. The first-order valence-corrected chi connectivity index (χ1v) is 11.1. The summed E-state index contributed by atoms with van der Waals surface area (Å²) in [6.07, 6.45) is 5.56. The highest BCUT2D eigenvalue weighted by atomic mass is 35.5. The molecule has 0 amide bonds. The third kappa shape index (κ3) is 4.18. The molecule has 3 N–H and O–H groups in total. The average molecular weight is 446 g/mol.